The van der Waals surface area contributed by atoms with E-state index in [1.807, 2.05) is 50.6 Å². The molecule has 4 aromatic rings. The molecule has 0 saturated carbocycles. The lowest BCUT2D eigenvalue weighted by molar-refractivity contribution is 0.0978. The van der Waals surface area contributed by atoms with Crippen LogP contribution in [0, 0.1) is 32.5 Å². The average molecular weight is 580 g/mol. The minimum Gasteiger partial charge on any atom is -0.506 e. The van der Waals surface area contributed by atoms with Gasteiger partial charge in [-0.25, -0.2) is 19.1 Å². The van der Waals surface area contributed by atoms with Crippen LogP contribution in [0.25, 0.3) is 11.3 Å². The first-order valence-electron chi connectivity index (χ1n) is 12.8. The summed E-state index contributed by atoms with van der Waals surface area (Å²) in [5.74, 6) is -0.942. The molecule has 11 heteroatoms. The van der Waals surface area contributed by atoms with Crippen LogP contribution in [-0.4, -0.2) is 36.0 Å². The van der Waals surface area contributed by atoms with Crippen LogP contribution in [0.2, 0.25) is 0 Å². The van der Waals surface area contributed by atoms with Gasteiger partial charge in [0.15, 0.2) is 5.03 Å². The van der Waals surface area contributed by atoms with Crippen LogP contribution in [0.5, 0.6) is 23.1 Å². The molecule has 2 aromatic heterocycles. The van der Waals surface area contributed by atoms with Gasteiger partial charge < -0.3 is 14.6 Å². The first-order chi connectivity index (χ1) is 19.3. The molecule has 0 bridgehead atoms. The second kappa shape index (κ2) is 11.9. The van der Waals surface area contributed by atoms with Crippen molar-refractivity contribution in [3.63, 3.8) is 0 Å². The Kier molecular flexibility index (Phi) is 8.57. The molecule has 0 spiro atoms. The molecule has 214 valence electrons. The number of aromatic hydroxyl groups is 1. The van der Waals surface area contributed by atoms with Gasteiger partial charge in [0.2, 0.25) is 5.88 Å². The zero-order valence-electron chi connectivity index (χ0n) is 23.2. The number of aryl methyl sites for hydroxylation is 3. The maximum Gasteiger partial charge on any atom is 0.281 e. The molecule has 0 saturated heterocycles. The van der Waals surface area contributed by atoms with Gasteiger partial charge in [-0.15, -0.1) is 0 Å². The molecule has 0 aliphatic carbocycles. The Morgan fingerprint density at radius 1 is 1.00 bits per heavy atom. The number of hydrogen-bond donors (Lipinski definition) is 2. The van der Waals surface area contributed by atoms with Gasteiger partial charge in [-0.1, -0.05) is 32.0 Å². The summed E-state index contributed by atoms with van der Waals surface area (Å²) in [6.07, 6.45) is 0. The van der Waals surface area contributed by atoms with E-state index in [1.165, 1.54) is 37.3 Å². The topological polar surface area (TPSA) is 128 Å². The maximum atomic E-state index is 14.5. The molecule has 2 N–H and O–H groups in total. The molecule has 2 aromatic carbocycles. The Hall–Kier alpha value is -4.51. The summed E-state index contributed by atoms with van der Waals surface area (Å²) < 4.78 is 54.2. The standard InChI is InChI=1S/C30H30FN3O6S/c1-17(2)16-39-23-14-21(13-22(31)15-23)25-10-9-24(30(33-25)40-28-18(3)7-6-8-19(28)4)29(36)34-41(37,38)27-12-11-26(35)20(5)32-27/h6-15,17,35H,16H2,1-5H3,(H,34,36). The summed E-state index contributed by atoms with van der Waals surface area (Å²) in [5, 5.41) is 9.25. The van der Waals surface area contributed by atoms with Gasteiger partial charge in [-0.3, -0.25) is 4.79 Å². The number of ether oxygens (including phenoxy) is 2. The maximum absolute atomic E-state index is 14.5. The lowest BCUT2D eigenvalue weighted by atomic mass is 10.1. The molecule has 0 radical (unpaired) electrons. The number of amides is 1. The summed E-state index contributed by atoms with van der Waals surface area (Å²) in [6.45, 7) is 9.41. The van der Waals surface area contributed by atoms with Gasteiger partial charge >= 0.3 is 0 Å². The van der Waals surface area contributed by atoms with E-state index < -0.39 is 26.8 Å². The van der Waals surface area contributed by atoms with Crippen molar-refractivity contribution in [1.82, 2.24) is 14.7 Å². The molecule has 0 unspecified atom stereocenters. The molecule has 1 amide bonds. The van der Waals surface area contributed by atoms with Gasteiger partial charge in [0, 0.05) is 11.6 Å². The van der Waals surface area contributed by atoms with Crippen molar-refractivity contribution in [2.45, 2.75) is 39.6 Å². The number of nitrogens with one attached hydrogen (secondary N) is 1. The van der Waals surface area contributed by atoms with Crippen molar-refractivity contribution in [2.75, 3.05) is 6.61 Å². The Morgan fingerprint density at radius 3 is 2.37 bits per heavy atom. The Morgan fingerprint density at radius 2 is 1.71 bits per heavy atom. The number of para-hydroxylation sites is 1. The molecular formula is C30H30FN3O6S. The number of halogens is 1. The van der Waals surface area contributed by atoms with E-state index in [2.05, 4.69) is 9.97 Å². The molecule has 41 heavy (non-hydrogen) atoms. The minimum atomic E-state index is -4.41. The van der Waals surface area contributed by atoms with Crippen LogP contribution in [0.15, 0.2) is 65.7 Å². The SMILES string of the molecule is Cc1cccc(C)c1Oc1nc(-c2cc(F)cc(OCC(C)C)c2)ccc1C(=O)NS(=O)(=O)c1ccc(O)c(C)n1. The molecule has 0 fully saturated rings. The average Bonchev–Trinajstić information content (AvgIpc) is 2.90. The van der Waals surface area contributed by atoms with Gasteiger partial charge in [-0.2, -0.15) is 8.42 Å². The van der Waals surface area contributed by atoms with E-state index in [-0.39, 0.29) is 34.5 Å². The normalized spacial score (nSPS) is 11.4. The summed E-state index contributed by atoms with van der Waals surface area (Å²) in [6, 6.07) is 14.7. The fourth-order valence-electron chi connectivity index (χ4n) is 3.88. The molecule has 2 heterocycles. The smallest absolute Gasteiger partial charge is 0.281 e. The number of aromatic nitrogens is 2. The minimum absolute atomic E-state index is 0.0808. The van der Waals surface area contributed by atoms with Crippen LogP contribution in [0.3, 0.4) is 0 Å². The van der Waals surface area contributed by atoms with Crippen molar-refractivity contribution >= 4 is 15.9 Å². The second-order valence-corrected chi connectivity index (χ2v) is 11.6. The van der Waals surface area contributed by atoms with Gasteiger partial charge in [0.25, 0.3) is 15.9 Å². The van der Waals surface area contributed by atoms with Crippen LogP contribution in [0.1, 0.15) is 41.0 Å². The lowest BCUT2D eigenvalue weighted by Crippen LogP contribution is -2.31. The summed E-state index contributed by atoms with van der Waals surface area (Å²) in [5.41, 5.74) is 2.07. The summed E-state index contributed by atoms with van der Waals surface area (Å²) in [7, 11) is -4.41. The largest absolute Gasteiger partial charge is 0.506 e. The fraction of sp³-hybridized carbons (Fsp3) is 0.233. The van der Waals surface area contributed by atoms with E-state index in [0.29, 0.717) is 23.7 Å². The number of nitrogens with zero attached hydrogens (tertiary/aromatic N) is 2. The fourth-order valence-corrected chi connectivity index (χ4v) is 4.84. The molecule has 9 nitrogen and oxygen atoms in total. The highest BCUT2D eigenvalue weighted by molar-refractivity contribution is 7.90. The number of sulfonamides is 1. The van der Waals surface area contributed by atoms with Crippen molar-refractivity contribution in [2.24, 2.45) is 5.92 Å². The van der Waals surface area contributed by atoms with E-state index in [1.54, 1.807) is 6.07 Å². The van der Waals surface area contributed by atoms with E-state index in [4.69, 9.17) is 9.47 Å². The third-order valence-electron chi connectivity index (χ3n) is 6.00. The highest BCUT2D eigenvalue weighted by atomic mass is 32.2. The van der Waals surface area contributed by atoms with Crippen molar-refractivity contribution in [3.05, 3.63) is 88.9 Å². The predicted octanol–water partition coefficient (Wildman–Crippen LogP) is 5.86. The number of hydrogen-bond acceptors (Lipinski definition) is 8. The first kappa shape index (κ1) is 29.5. The van der Waals surface area contributed by atoms with Gasteiger partial charge in [0.1, 0.15) is 28.6 Å². The Labute approximate surface area is 238 Å². The quantitative estimate of drug-likeness (QED) is 0.252. The van der Waals surface area contributed by atoms with Crippen molar-refractivity contribution < 1.29 is 32.2 Å². The van der Waals surface area contributed by atoms with E-state index in [9.17, 15) is 22.7 Å². The molecule has 0 aliphatic rings. The van der Waals surface area contributed by atoms with Crippen LogP contribution in [-0.2, 0) is 10.0 Å². The van der Waals surface area contributed by atoms with Crippen LogP contribution in [0.4, 0.5) is 4.39 Å². The number of pyridine rings is 2. The number of rotatable bonds is 9. The highest BCUT2D eigenvalue weighted by Gasteiger charge is 2.25. The van der Waals surface area contributed by atoms with E-state index >= 15 is 0 Å². The van der Waals surface area contributed by atoms with Crippen LogP contribution >= 0.6 is 0 Å². The second-order valence-electron chi connectivity index (χ2n) is 9.94. The third kappa shape index (κ3) is 6.98. The van der Waals surface area contributed by atoms with Crippen molar-refractivity contribution in [3.8, 4) is 34.4 Å². The molecular weight excluding hydrogens is 549 g/mol. The van der Waals surface area contributed by atoms with E-state index in [0.717, 1.165) is 17.2 Å². The lowest BCUT2D eigenvalue weighted by Gasteiger charge is -2.16. The molecule has 0 atom stereocenters. The number of carbonyl (C=O) groups is 1. The number of carbonyl (C=O) groups excluding carboxylic acids is 1. The Bertz CT molecular complexity index is 1700. The first-order valence-corrected chi connectivity index (χ1v) is 14.2. The predicted molar refractivity (Wildman–Crippen MR) is 151 cm³/mol. The van der Waals surface area contributed by atoms with Gasteiger partial charge in [-0.05, 0) is 74.2 Å². The molecule has 0 aliphatic heterocycles. The third-order valence-corrected chi connectivity index (χ3v) is 7.23. The zero-order chi connectivity index (χ0) is 29.9. The monoisotopic (exact) mass is 579 g/mol. The van der Waals surface area contributed by atoms with Crippen LogP contribution < -0.4 is 14.2 Å². The van der Waals surface area contributed by atoms with Crippen molar-refractivity contribution in [1.29, 1.82) is 0 Å². The van der Waals surface area contributed by atoms with Gasteiger partial charge in [0.05, 0.1) is 18.0 Å². The Balaban J connectivity index is 1.76. The summed E-state index contributed by atoms with van der Waals surface area (Å²) >= 11 is 0. The highest BCUT2D eigenvalue weighted by Crippen LogP contribution is 2.33. The summed E-state index contributed by atoms with van der Waals surface area (Å²) in [4.78, 5) is 21.7. The molecule has 4 rings (SSSR count). The number of benzene rings is 2. The zero-order valence-corrected chi connectivity index (χ0v) is 24.0.